The molecule has 0 saturated carbocycles. The van der Waals surface area contributed by atoms with E-state index in [-0.39, 0.29) is 0 Å². The summed E-state index contributed by atoms with van der Waals surface area (Å²) in [6.45, 7) is 3.06. The highest BCUT2D eigenvalue weighted by Gasteiger charge is 2.11. The molecule has 0 aliphatic rings. The Morgan fingerprint density at radius 1 is 1.04 bits per heavy atom. The third kappa shape index (κ3) is 3.88. The molecule has 0 aliphatic heterocycles. The van der Waals surface area contributed by atoms with Gasteiger partial charge in [0.15, 0.2) is 11.5 Å². The Morgan fingerprint density at radius 2 is 1.81 bits per heavy atom. The highest BCUT2D eigenvalue weighted by molar-refractivity contribution is 5.91. The number of aromatic nitrogens is 2. The van der Waals surface area contributed by atoms with Gasteiger partial charge in [-0.05, 0) is 30.7 Å². The normalized spacial score (nSPS) is 10.6. The summed E-state index contributed by atoms with van der Waals surface area (Å²) >= 11 is 0. The molecule has 0 fully saturated rings. The lowest BCUT2D eigenvalue weighted by Gasteiger charge is -2.12. The molecule has 7 heteroatoms. The zero-order valence-electron chi connectivity index (χ0n) is 15.1. The minimum atomic E-state index is 0.373. The molecule has 1 heterocycles. The second kappa shape index (κ2) is 7.77. The maximum atomic E-state index is 6.07. The van der Waals surface area contributed by atoms with Gasteiger partial charge in [0.1, 0.15) is 18.2 Å². The lowest BCUT2D eigenvalue weighted by Crippen LogP contribution is -2.14. The molecule has 0 bridgehead atoms. The molecule has 0 saturated heterocycles. The zero-order chi connectivity index (χ0) is 18.5. The van der Waals surface area contributed by atoms with Gasteiger partial charge in [0, 0.05) is 11.5 Å². The number of anilines is 2. The van der Waals surface area contributed by atoms with E-state index in [1.165, 1.54) is 0 Å². The molecule has 0 spiro atoms. The van der Waals surface area contributed by atoms with Crippen molar-refractivity contribution in [3.63, 3.8) is 0 Å². The van der Waals surface area contributed by atoms with Crippen LogP contribution in [-0.4, -0.2) is 37.3 Å². The van der Waals surface area contributed by atoms with Crippen LogP contribution in [0.1, 0.15) is 5.56 Å². The van der Waals surface area contributed by atoms with Gasteiger partial charge in [0.25, 0.3) is 0 Å². The fourth-order valence-corrected chi connectivity index (χ4v) is 2.60. The maximum absolute atomic E-state index is 6.07. The van der Waals surface area contributed by atoms with Crippen molar-refractivity contribution in [3.05, 3.63) is 42.0 Å². The molecule has 26 heavy (non-hydrogen) atoms. The third-order valence-electron chi connectivity index (χ3n) is 3.87. The van der Waals surface area contributed by atoms with Gasteiger partial charge in [-0.2, -0.15) is 4.98 Å². The Labute approximate surface area is 152 Å². The second-order valence-corrected chi connectivity index (χ2v) is 5.75. The predicted octanol–water partition coefficient (Wildman–Crippen LogP) is 3.03. The molecular weight excluding hydrogens is 332 g/mol. The Morgan fingerprint density at radius 3 is 2.54 bits per heavy atom. The van der Waals surface area contributed by atoms with E-state index in [9.17, 15) is 0 Å². The van der Waals surface area contributed by atoms with Crippen LogP contribution in [0.3, 0.4) is 0 Å². The Bertz CT molecular complexity index is 915. The van der Waals surface area contributed by atoms with Crippen LogP contribution in [0, 0.1) is 6.92 Å². The van der Waals surface area contributed by atoms with Crippen LogP contribution in [0.25, 0.3) is 10.9 Å². The highest BCUT2D eigenvalue weighted by atomic mass is 16.5. The van der Waals surface area contributed by atoms with Crippen molar-refractivity contribution in [2.45, 2.75) is 6.92 Å². The van der Waals surface area contributed by atoms with Gasteiger partial charge in [-0.25, -0.2) is 4.98 Å². The summed E-state index contributed by atoms with van der Waals surface area (Å²) in [7, 11) is 3.15. The van der Waals surface area contributed by atoms with Crippen molar-refractivity contribution in [1.29, 1.82) is 0 Å². The molecular formula is C19H22N4O3. The van der Waals surface area contributed by atoms with Crippen LogP contribution < -0.4 is 25.3 Å². The van der Waals surface area contributed by atoms with E-state index in [0.717, 1.165) is 11.3 Å². The van der Waals surface area contributed by atoms with E-state index in [1.807, 2.05) is 31.2 Å². The Hall–Kier alpha value is -3.22. The zero-order valence-corrected chi connectivity index (χ0v) is 15.1. The van der Waals surface area contributed by atoms with E-state index < -0.39 is 0 Å². The average molecular weight is 354 g/mol. The van der Waals surface area contributed by atoms with Crippen LogP contribution in [0.2, 0.25) is 0 Å². The molecule has 0 amide bonds. The summed E-state index contributed by atoms with van der Waals surface area (Å²) in [5, 5.41) is 3.84. The number of benzene rings is 2. The highest BCUT2D eigenvalue weighted by Crippen LogP contribution is 2.33. The van der Waals surface area contributed by atoms with Crippen LogP contribution in [-0.2, 0) is 0 Å². The topological polar surface area (TPSA) is 91.5 Å². The molecule has 0 atom stereocenters. The first-order valence-corrected chi connectivity index (χ1v) is 8.23. The van der Waals surface area contributed by atoms with Crippen LogP contribution >= 0.6 is 0 Å². The van der Waals surface area contributed by atoms with Gasteiger partial charge in [-0.15, -0.1) is 0 Å². The van der Waals surface area contributed by atoms with Crippen molar-refractivity contribution in [3.8, 4) is 17.2 Å². The predicted molar refractivity (Wildman–Crippen MR) is 102 cm³/mol. The van der Waals surface area contributed by atoms with Crippen molar-refractivity contribution >= 4 is 22.7 Å². The first-order valence-electron chi connectivity index (χ1n) is 8.23. The van der Waals surface area contributed by atoms with Gasteiger partial charge in [0.2, 0.25) is 5.95 Å². The summed E-state index contributed by atoms with van der Waals surface area (Å²) in [6.07, 6.45) is 0. The fourth-order valence-electron chi connectivity index (χ4n) is 2.60. The smallest absolute Gasteiger partial charge is 0.225 e. The van der Waals surface area contributed by atoms with Crippen LogP contribution in [0.4, 0.5) is 11.8 Å². The van der Waals surface area contributed by atoms with Gasteiger partial charge in [0.05, 0.1) is 26.3 Å². The van der Waals surface area contributed by atoms with Crippen LogP contribution in [0.15, 0.2) is 36.4 Å². The number of ether oxygens (including phenoxy) is 3. The molecule has 0 aliphatic carbocycles. The first-order chi connectivity index (χ1) is 12.6. The van der Waals surface area contributed by atoms with E-state index in [0.29, 0.717) is 47.3 Å². The Kier molecular flexibility index (Phi) is 5.26. The van der Waals surface area contributed by atoms with Gasteiger partial charge in [-0.3, -0.25) is 0 Å². The monoisotopic (exact) mass is 354 g/mol. The number of hydrogen-bond acceptors (Lipinski definition) is 7. The summed E-state index contributed by atoms with van der Waals surface area (Å²) in [5.41, 5.74) is 7.90. The summed E-state index contributed by atoms with van der Waals surface area (Å²) in [4.78, 5) is 8.78. The summed E-state index contributed by atoms with van der Waals surface area (Å²) < 4.78 is 16.3. The van der Waals surface area contributed by atoms with E-state index >= 15 is 0 Å². The van der Waals surface area contributed by atoms with Gasteiger partial charge < -0.3 is 25.3 Å². The van der Waals surface area contributed by atoms with E-state index in [1.54, 1.807) is 26.4 Å². The van der Waals surface area contributed by atoms with Gasteiger partial charge in [-0.1, -0.05) is 12.1 Å². The molecule has 7 nitrogen and oxygen atoms in total. The molecule has 3 N–H and O–H groups in total. The van der Waals surface area contributed by atoms with Crippen molar-refractivity contribution in [2.75, 3.05) is 38.4 Å². The second-order valence-electron chi connectivity index (χ2n) is 5.75. The molecule has 136 valence electrons. The SMILES string of the molecule is COc1cc2nc(NCCOc3cccc(C)c3)nc(N)c2cc1OC. The number of methoxy groups -OCH3 is 2. The minimum Gasteiger partial charge on any atom is -0.493 e. The lowest BCUT2D eigenvalue weighted by atomic mass is 10.2. The fraction of sp³-hybridized carbons (Fsp3) is 0.263. The number of fused-ring (bicyclic) bond motifs is 1. The van der Waals surface area contributed by atoms with Crippen LogP contribution in [0.5, 0.6) is 17.2 Å². The quantitative estimate of drug-likeness (QED) is 0.630. The van der Waals surface area contributed by atoms with E-state index in [4.69, 9.17) is 19.9 Å². The van der Waals surface area contributed by atoms with Gasteiger partial charge >= 0.3 is 0 Å². The molecule has 0 unspecified atom stereocenters. The van der Waals surface area contributed by atoms with Crippen molar-refractivity contribution in [1.82, 2.24) is 9.97 Å². The number of nitrogens with two attached hydrogens (primary N) is 1. The number of nitrogens with zero attached hydrogens (tertiary/aromatic N) is 2. The molecule has 2 aromatic carbocycles. The number of nitrogens with one attached hydrogen (secondary N) is 1. The number of hydrogen-bond donors (Lipinski definition) is 2. The average Bonchev–Trinajstić information content (AvgIpc) is 2.64. The third-order valence-corrected chi connectivity index (χ3v) is 3.87. The lowest BCUT2D eigenvalue weighted by molar-refractivity contribution is 0.332. The minimum absolute atomic E-state index is 0.373. The largest absolute Gasteiger partial charge is 0.493 e. The molecule has 3 aromatic rings. The molecule has 3 rings (SSSR count). The Balaban J connectivity index is 1.70. The van der Waals surface area contributed by atoms with Crippen molar-refractivity contribution < 1.29 is 14.2 Å². The molecule has 0 radical (unpaired) electrons. The number of aryl methyl sites for hydroxylation is 1. The standard InChI is InChI=1S/C19H22N4O3/c1-12-5-4-6-13(9-12)26-8-7-21-19-22-15-11-17(25-3)16(24-2)10-14(15)18(20)23-19/h4-6,9-11H,7-8H2,1-3H3,(H3,20,21,22,23). The summed E-state index contributed by atoms with van der Waals surface area (Å²) in [5.74, 6) is 2.82. The number of rotatable bonds is 7. The first kappa shape index (κ1) is 17.6. The van der Waals surface area contributed by atoms with E-state index in [2.05, 4.69) is 15.3 Å². The maximum Gasteiger partial charge on any atom is 0.225 e. The molecule has 1 aromatic heterocycles. The summed E-state index contributed by atoms with van der Waals surface area (Å²) in [6, 6.07) is 11.5. The van der Waals surface area contributed by atoms with Crippen molar-refractivity contribution in [2.24, 2.45) is 0 Å². The number of nitrogen functional groups attached to an aromatic ring is 1.